The molecule has 0 radical (unpaired) electrons. The highest BCUT2D eigenvalue weighted by Gasteiger charge is 2.19. The molecule has 3 aromatic rings. The zero-order valence-electron chi connectivity index (χ0n) is 14.7. The van der Waals surface area contributed by atoms with Crippen molar-refractivity contribution in [2.75, 3.05) is 0 Å². The predicted octanol–water partition coefficient (Wildman–Crippen LogP) is 4.68. The third-order valence-electron chi connectivity index (χ3n) is 4.24. The average Bonchev–Trinajstić information content (AvgIpc) is 2.84. The summed E-state index contributed by atoms with van der Waals surface area (Å²) in [7, 11) is 0. The monoisotopic (exact) mass is 364 g/mol. The van der Waals surface area contributed by atoms with Gasteiger partial charge in [0.1, 0.15) is 11.6 Å². The minimum Gasteiger partial charge on any atom is -0.435 e. The minimum atomic E-state index is -2.97. The summed E-state index contributed by atoms with van der Waals surface area (Å²) in [5, 5.41) is 0. The largest absolute Gasteiger partial charge is 0.435 e. The normalized spacial score (nSPS) is 11.7. The molecule has 0 bridgehead atoms. The number of hydrogen-bond donors (Lipinski definition) is 0. The highest BCUT2D eigenvalue weighted by Crippen LogP contribution is 2.26. The van der Waals surface area contributed by atoms with Gasteiger partial charge in [0.15, 0.2) is 0 Å². The summed E-state index contributed by atoms with van der Waals surface area (Å²) in [6.07, 6.45) is 0.497. The highest BCUT2D eigenvalue weighted by atomic mass is 19.3. The van der Waals surface area contributed by atoms with Gasteiger partial charge in [-0.15, -0.1) is 0 Å². The number of alkyl halides is 2. The standard InChI is InChI=1S/C19H19F3N2O2/c1-4-12-8-16-17(10-15(12)20)24(19(25)23(16)11(2)3)13-6-5-7-14(9-13)26-18(21)22/h5-11,18H,4H2,1-3H3. The summed E-state index contributed by atoms with van der Waals surface area (Å²) in [5.41, 5.74) is 1.47. The van der Waals surface area contributed by atoms with E-state index in [0.29, 0.717) is 28.7 Å². The van der Waals surface area contributed by atoms with Crippen molar-refractivity contribution in [3.8, 4) is 11.4 Å². The second kappa shape index (κ2) is 6.90. The molecule has 2 aromatic carbocycles. The molecule has 0 aliphatic rings. The Morgan fingerprint density at radius 3 is 2.46 bits per heavy atom. The van der Waals surface area contributed by atoms with Gasteiger partial charge in [-0.25, -0.2) is 9.18 Å². The topological polar surface area (TPSA) is 36.2 Å². The lowest BCUT2D eigenvalue weighted by Gasteiger charge is -2.08. The van der Waals surface area contributed by atoms with Gasteiger partial charge in [0.25, 0.3) is 0 Å². The van der Waals surface area contributed by atoms with Crippen LogP contribution < -0.4 is 10.4 Å². The average molecular weight is 364 g/mol. The first-order chi connectivity index (χ1) is 12.3. The number of aromatic nitrogens is 2. The summed E-state index contributed by atoms with van der Waals surface area (Å²) in [6, 6.07) is 8.64. The lowest BCUT2D eigenvalue weighted by atomic mass is 10.1. The molecular formula is C19H19F3N2O2. The van der Waals surface area contributed by atoms with Crippen LogP contribution in [-0.4, -0.2) is 15.7 Å². The first-order valence-electron chi connectivity index (χ1n) is 8.34. The van der Waals surface area contributed by atoms with Crippen molar-refractivity contribution >= 4 is 11.0 Å². The molecule has 26 heavy (non-hydrogen) atoms. The van der Waals surface area contributed by atoms with Crippen LogP contribution in [0.3, 0.4) is 0 Å². The molecule has 3 rings (SSSR count). The van der Waals surface area contributed by atoms with E-state index < -0.39 is 12.4 Å². The fourth-order valence-corrected chi connectivity index (χ4v) is 3.10. The summed E-state index contributed by atoms with van der Waals surface area (Å²) in [5.74, 6) is -0.477. The minimum absolute atomic E-state index is 0.0690. The Balaban J connectivity index is 2.31. The molecule has 0 fully saturated rings. The molecule has 4 nitrogen and oxygen atoms in total. The number of hydrogen-bond acceptors (Lipinski definition) is 2. The van der Waals surface area contributed by atoms with Crippen molar-refractivity contribution in [2.24, 2.45) is 0 Å². The molecule has 0 saturated heterocycles. The predicted molar refractivity (Wildman–Crippen MR) is 93.9 cm³/mol. The van der Waals surface area contributed by atoms with Gasteiger partial charge in [-0.05, 0) is 44.0 Å². The molecule has 0 unspecified atom stereocenters. The van der Waals surface area contributed by atoms with Gasteiger partial charge in [-0.1, -0.05) is 13.0 Å². The number of ether oxygens (including phenoxy) is 1. The number of benzene rings is 2. The fraction of sp³-hybridized carbons (Fsp3) is 0.316. The van der Waals surface area contributed by atoms with Crippen molar-refractivity contribution in [3.63, 3.8) is 0 Å². The number of fused-ring (bicyclic) bond motifs is 1. The van der Waals surface area contributed by atoms with E-state index in [1.165, 1.54) is 28.8 Å². The van der Waals surface area contributed by atoms with Gasteiger partial charge in [0, 0.05) is 18.2 Å². The van der Waals surface area contributed by atoms with Crippen molar-refractivity contribution in [1.82, 2.24) is 9.13 Å². The van der Waals surface area contributed by atoms with Crippen LogP contribution in [0.1, 0.15) is 32.4 Å². The van der Waals surface area contributed by atoms with E-state index in [0.717, 1.165) is 0 Å². The van der Waals surface area contributed by atoms with E-state index in [2.05, 4.69) is 4.74 Å². The summed E-state index contributed by atoms with van der Waals surface area (Å²) in [6.45, 7) is 2.58. The van der Waals surface area contributed by atoms with Crippen molar-refractivity contribution in [2.45, 2.75) is 39.8 Å². The van der Waals surface area contributed by atoms with Crippen LogP contribution in [0.25, 0.3) is 16.7 Å². The number of aryl methyl sites for hydroxylation is 1. The third kappa shape index (κ3) is 3.09. The SMILES string of the molecule is CCc1cc2c(cc1F)n(-c1cccc(OC(F)F)c1)c(=O)n2C(C)C. The molecule has 138 valence electrons. The molecule has 0 saturated carbocycles. The van der Waals surface area contributed by atoms with E-state index in [1.807, 2.05) is 20.8 Å². The second-order valence-electron chi connectivity index (χ2n) is 6.24. The first-order valence-corrected chi connectivity index (χ1v) is 8.34. The van der Waals surface area contributed by atoms with Gasteiger partial charge < -0.3 is 4.74 Å². The quantitative estimate of drug-likeness (QED) is 0.659. The van der Waals surface area contributed by atoms with E-state index in [-0.39, 0.29) is 17.5 Å². The number of halogens is 3. The van der Waals surface area contributed by atoms with Gasteiger partial charge in [0.2, 0.25) is 0 Å². The van der Waals surface area contributed by atoms with Crippen LogP contribution in [0.15, 0.2) is 41.2 Å². The van der Waals surface area contributed by atoms with Crippen LogP contribution in [-0.2, 0) is 6.42 Å². The summed E-state index contributed by atoms with van der Waals surface area (Å²) < 4.78 is 46.6. The second-order valence-corrected chi connectivity index (χ2v) is 6.24. The first kappa shape index (κ1) is 18.1. The lowest BCUT2D eigenvalue weighted by Crippen LogP contribution is -2.24. The highest BCUT2D eigenvalue weighted by molar-refractivity contribution is 5.79. The molecule has 7 heteroatoms. The smallest absolute Gasteiger partial charge is 0.387 e. The van der Waals surface area contributed by atoms with Crippen LogP contribution in [0, 0.1) is 5.82 Å². The van der Waals surface area contributed by atoms with Gasteiger partial charge in [-0.2, -0.15) is 8.78 Å². The van der Waals surface area contributed by atoms with Gasteiger partial charge in [-0.3, -0.25) is 9.13 Å². The molecule has 0 N–H and O–H groups in total. The van der Waals surface area contributed by atoms with Crippen molar-refractivity contribution in [1.29, 1.82) is 0 Å². The molecular weight excluding hydrogens is 345 g/mol. The maximum atomic E-state index is 14.4. The van der Waals surface area contributed by atoms with E-state index >= 15 is 0 Å². The molecule has 0 atom stereocenters. The summed E-state index contributed by atoms with van der Waals surface area (Å²) >= 11 is 0. The third-order valence-corrected chi connectivity index (χ3v) is 4.24. The van der Waals surface area contributed by atoms with Crippen LogP contribution in [0.2, 0.25) is 0 Å². The molecule has 1 aromatic heterocycles. The summed E-state index contributed by atoms with van der Waals surface area (Å²) in [4.78, 5) is 13.0. The zero-order chi connectivity index (χ0) is 19.0. The zero-order valence-corrected chi connectivity index (χ0v) is 14.7. The van der Waals surface area contributed by atoms with E-state index in [9.17, 15) is 18.0 Å². The van der Waals surface area contributed by atoms with Gasteiger partial charge in [0.05, 0.1) is 16.7 Å². The Morgan fingerprint density at radius 1 is 1.12 bits per heavy atom. The number of nitrogens with zero attached hydrogens (tertiary/aromatic N) is 2. The Kier molecular flexibility index (Phi) is 4.80. The Hall–Kier alpha value is -2.70. The number of rotatable bonds is 5. The molecule has 0 amide bonds. The fourth-order valence-electron chi connectivity index (χ4n) is 3.10. The lowest BCUT2D eigenvalue weighted by molar-refractivity contribution is -0.0498. The van der Waals surface area contributed by atoms with Gasteiger partial charge >= 0.3 is 12.3 Å². The van der Waals surface area contributed by atoms with Crippen molar-refractivity contribution < 1.29 is 17.9 Å². The Morgan fingerprint density at radius 2 is 1.85 bits per heavy atom. The maximum absolute atomic E-state index is 14.4. The van der Waals surface area contributed by atoms with E-state index in [1.54, 1.807) is 16.7 Å². The van der Waals surface area contributed by atoms with Crippen LogP contribution in [0.5, 0.6) is 5.75 Å². The van der Waals surface area contributed by atoms with Crippen molar-refractivity contribution in [3.05, 3.63) is 58.3 Å². The molecule has 1 heterocycles. The molecule has 0 aliphatic heterocycles. The number of imidazole rings is 1. The van der Waals surface area contributed by atoms with Crippen LogP contribution in [0.4, 0.5) is 13.2 Å². The maximum Gasteiger partial charge on any atom is 0.387 e. The molecule has 0 aliphatic carbocycles. The molecule has 0 spiro atoms. The van der Waals surface area contributed by atoms with E-state index in [4.69, 9.17) is 0 Å². The van der Waals surface area contributed by atoms with Crippen LogP contribution >= 0.6 is 0 Å². The Labute approximate surface area is 148 Å². The Bertz CT molecular complexity index is 1010.